The number of hydrogen-bond donors (Lipinski definition) is 2. The summed E-state index contributed by atoms with van der Waals surface area (Å²) < 4.78 is 0. The van der Waals surface area contributed by atoms with Crippen molar-refractivity contribution in [2.45, 2.75) is 25.7 Å². The van der Waals surface area contributed by atoms with E-state index in [2.05, 4.69) is 16.0 Å². The maximum absolute atomic E-state index is 12.4. The molecule has 3 aromatic rings. The standard InChI is InChI=1S/C25H24N4O3/c30-23(13-14-25(32)29-16-15-22(28-29)19-8-2-1-3-9-19)26-27-24(31)17-20-11-6-10-18-7-4-5-12-21(18)20/h1-12H,13-17H2,(H,26,30)(H,27,31). The Morgan fingerprint density at radius 2 is 1.53 bits per heavy atom. The van der Waals surface area contributed by atoms with E-state index in [4.69, 9.17) is 0 Å². The monoisotopic (exact) mass is 428 g/mol. The molecule has 0 spiro atoms. The number of carbonyl (C=O) groups is 3. The molecular weight excluding hydrogens is 404 g/mol. The maximum Gasteiger partial charge on any atom is 0.243 e. The van der Waals surface area contributed by atoms with Crippen LogP contribution in [0, 0.1) is 0 Å². The number of carbonyl (C=O) groups excluding carboxylic acids is 3. The van der Waals surface area contributed by atoms with E-state index in [0.717, 1.165) is 27.6 Å². The molecule has 7 heteroatoms. The molecule has 7 nitrogen and oxygen atoms in total. The summed E-state index contributed by atoms with van der Waals surface area (Å²) in [5, 5.41) is 7.85. The van der Waals surface area contributed by atoms with Crippen LogP contribution in [-0.2, 0) is 20.8 Å². The van der Waals surface area contributed by atoms with E-state index in [1.807, 2.05) is 72.8 Å². The lowest BCUT2D eigenvalue weighted by molar-refractivity contribution is -0.134. The van der Waals surface area contributed by atoms with Crippen LogP contribution in [0.25, 0.3) is 10.8 Å². The Bertz CT molecular complexity index is 1170. The van der Waals surface area contributed by atoms with Gasteiger partial charge in [-0.1, -0.05) is 72.8 Å². The molecule has 3 aromatic carbocycles. The zero-order chi connectivity index (χ0) is 22.3. The number of hydrazone groups is 1. The fraction of sp³-hybridized carbons (Fsp3) is 0.200. The lowest BCUT2D eigenvalue weighted by atomic mass is 10.0. The van der Waals surface area contributed by atoms with Gasteiger partial charge in [0.25, 0.3) is 0 Å². The SMILES string of the molecule is O=C(CCC(=O)N1CCC(c2ccccc2)=N1)NNC(=O)Cc1cccc2ccccc12. The summed E-state index contributed by atoms with van der Waals surface area (Å²) in [6.07, 6.45) is 0.828. The number of hydrogen-bond acceptors (Lipinski definition) is 4. The van der Waals surface area contributed by atoms with Crippen molar-refractivity contribution in [1.29, 1.82) is 0 Å². The highest BCUT2D eigenvalue weighted by Crippen LogP contribution is 2.19. The largest absolute Gasteiger partial charge is 0.273 e. The number of fused-ring (bicyclic) bond motifs is 1. The van der Waals surface area contributed by atoms with Gasteiger partial charge in [0.2, 0.25) is 17.7 Å². The highest BCUT2D eigenvalue weighted by Gasteiger charge is 2.22. The molecular formula is C25H24N4O3. The molecule has 162 valence electrons. The highest BCUT2D eigenvalue weighted by molar-refractivity contribution is 6.02. The first kappa shape index (κ1) is 21.2. The summed E-state index contributed by atoms with van der Waals surface area (Å²) in [6, 6.07) is 23.3. The first-order chi connectivity index (χ1) is 15.6. The van der Waals surface area contributed by atoms with E-state index in [9.17, 15) is 14.4 Å². The van der Waals surface area contributed by atoms with Gasteiger partial charge in [0.1, 0.15) is 0 Å². The van der Waals surface area contributed by atoms with Crippen LogP contribution in [0.15, 0.2) is 77.9 Å². The van der Waals surface area contributed by atoms with Gasteiger partial charge in [0.15, 0.2) is 0 Å². The fourth-order valence-corrected chi connectivity index (χ4v) is 3.69. The minimum atomic E-state index is -0.420. The van der Waals surface area contributed by atoms with Crippen molar-refractivity contribution in [1.82, 2.24) is 15.9 Å². The Morgan fingerprint density at radius 3 is 2.38 bits per heavy atom. The van der Waals surface area contributed by atoms with E-state index < -0.39 is 5.91 Å². The second-order valence-electron chi connectivity index (χ2n) is 7.59. The van der Waals surface area contributed by atoms with Crippen LogP contribution >= 0.6 is 0 Å². The van der Waals surface area contributed by atoms with Gasteiger partial charge in [-0.3, -0.25) is 25.2 Å². The van der Waals surface area contributed by atoms with Crippen molar-refractivity contribution >= 4 is 34.2 Å². The van der Waals surface area contributed by atoms with Crippen LogP contribution in [0.4, 0.5) is 0 Å². The molecule has 0 radical (unpaired) electrons. The number of nitrogens with one attached hydrogen (secondary N) is 2. The van der Waals surface area contributed by atoms with Crippen molar-refractivity contribution in [3.63, 3.8) is 0 Å². The van der Waals surface area contributed by atoms with Gasteiger partial charge < -0.3 is 0 Å². The highest BCUT2D eigenvalue weighted by atomic mass is 16.2. The summed E-state index contributed by atoms with van der Waals surface area (Å²) in [5.74, 6) is -0.957. The Labute approximate surface area is 186 Å². The predicted molar refractivity (Wildman–Crippen MR) is 122 cm³/mol. The van der Waals surface area contributed by atoms with Gasteiger partial charge in [-0.15, -0.1) is 0 Å². The quantitative estimate of drug-likeness (QED) is 0.592. The molecule has 0 bridgehead atoms. The molecule has 0 aliphatic carbocycles. The third-order valence-corrected chi connectivity index (χ3v) is 5.33. The van der Waals surface area contributed by atoms with E-state index in [0.29, 0.717) is 13.0 Å². The summed E-state index contributed by atoms with van der Waals surface area (Å²) in [7, 11) is 0. The molecule has 4 rings (SSSR count). The normalized spacial score (nSPS) is 13.0. The molecule has 1 aliphatic heterocycles. The molecule has 1 aliphatic rings. The van der Waals surface area contributed by atoms with Crippen LogP contribution in [-0.4, -0.2) is 35.0 Å². The fourth-order valence-electron chi connectivity index (χ4n) is 3.69. The molecule has 0 aromatic heterocycles. The number of benzene rings is 3. The average molecular weight is 428 g/mol. The number of hydrazine groups is 1. The lowest BCUT2D eigenvalue weighted by Gasteiger charge is -2.12. The van der Waals surface area contributed by atoms with Crippen LogP contribution in [0.3, 0.4) is 0 Å². The van der Waals surface area contributed by atoms with Gasteiger partial charge in [-0.05, 0) is 21.9 Å². The van der Waals surface area contributed by atoms with Crippen molar-refractivity contribution in [2.24, 2.45) is 5.10 Å². The summed E-state index contributed by atoms with van der Waals surface area (Å²) in [6.45, 7) is 0.506. The van der Waals surface area contributed by atoms with E-state index in [1.54, 1.807) is 0 Å². The second kappa shape index (κ2) is 9.87. The topological polar surface area (TPSA) is 90.9 Å². The Kier molecular flexibility index (Phi) is 6.55. The number of rotatable bonds is 6. The number of nitrogens with zero attached hydrogens (tertiary/aromatic N) is 2. The zero-order valence-corrected chi connectivity index (χ0v) is 17.6. The van der Waals surface area contributed by atoms with Gasteiger partial charge in [0.05, 0.1) is 18.7 Å². The van der Waals surface area contributed by atoms with Gasteiger partial charge in [-0.2, -0.15) is 5.10 Å². The lowest BCUT2D eigenvalue weighted by Crippen LogP contribution is -2.42. The van der Waals surface area contributed by atoms with Gasteiger partial charge in [-0.25, -0.2) is 5.01 Å². The molecule has 1 heterocycles. The zero-order valence-electron chi connectivity index (χ0n) is 17.6. The molecule has 2 N–H and O–H groups in total. The Hall–Kier alpha value is -4.00. The van der Waals surface area contributed by atoms with E-state index >= 15 is 0 Å². The van der Waals surface area contributed by atoms with Gasteiger partial charge >= 0.3 is 0 Å². The Balaban J connectivity index is 1.22. The number of amides is 3. The molecule has 0 saturated heterocycles. The van der Waals surface area contributed by atoms with Crippen LogP contribution in [0.1, 0.15) is 30.4 Å². The molecule has 3 amide bonds. The van der Waals surface area contributed by atoms with Crippen molar-refractivity contribution in [3.8, 4) is 0 Å². The average Bonchev–Trinajstić information content (AvgIpc) is 3.33. The first-order valence-electron chi connectivity index (χ1n) is 10.6. The van der Waals surface area contributed by atoms with Crippen LogP contribution in [0.5, 0.6) is 0 Å². The Morgan fingerprint density at radius 1 is 0.812 bits per heavy atom. The van der Waals surface area contributed by atoms with Crippen molar-refractivity contribution in [2.75, 3.05) is 6.54 Å². The van der Waals surface area contributed by atoms with Crippen LogP contribution in [0.2, 0.25) is 0 Å². The molecule has 0 unspecified atom stereocenters. The van der Waals surface area contributed by atoms with Gasteiger partial charge in [0, 0.05) is 19.3 Å². The summed E-state index contributed by atoms with van der Waals surface area (Å²) in [5.41, 5.74) is 7.55. The molecule has 0 fully saturated rings. The minimum Gasteiger partial charge on any atom is -0.273 e. The molecule has 32 heavy (non-hydrogen) atoms. The molecule has 0 saturated carbocycles. The van der Waals surface area contributed by atoms with E-state index in [1.165, 1.54) is 5.01 Å². The smallest absolute Gasteiger partial charge is 0.243 e. The van der Waals surface area contributed by atoms with E-state index in [-0.39, 0.29) is 31.1 Å². The third-order valence-electron chi connectivity index (χ3n) is 5.33. The summed E-state index contributed by atoms with van der Waals surface area (Å²) >= 11 is 0. The van der Waals surface area contributed by atoms with Crippen molar-refractivity contribution < 1.29 is 14.4 Å². The van der Waals surface area contributed by atoms with Crippen molar-refractivity contribution in [3.05, 3.63) is 83.9 Å². The first-order valence-corrected chi connectivity index (χ1v) is 10.6. The molecule has 0 atom stereocenters. The second-order valence-corrected chi connectivity index (χ2v) is 7.59. The maximum atomic E-state index is 12.4. The van der Waals surface area contributed by atoms with Crippen LogP contribution < -0.4 is 10.9 Å². The minimum absolute atomic E-state index is 0.0244. The predicted octanol–water partition coefficient (Wildman–Crippen LogP) is 2.95. The third kappa shape index (κ3) is 5.18. The summed E-state index contributed by atoms with van der Waals surface area (Å²) in [4.78, 5) is 36.7.